The first-order valence-corrected chi connectivity index (χ1v) is 20.2. The molecule has 0 fully saturated rings. The van der Waals surface area contributed by atoms with Gasteiger partial charge in [-0.05, 0) is 162 Å². The van der Waals surface area contributed by atoms with Crippen molar-refractivity contribution in [3.63, 3.8) is 0 Å². The van der Waals surface area contributed by atoms with Gasteiger partial charge in [-0.2, -0.15) is 0 Å². The van der Waals surface area contributed by atoms with Crippen LogP contribution >= 0.6 is 0 Å². The van der Waals surface area contributed by atoms with Crippen molar-refractivity contribution in [3.8, 4) is 44.5 Å². The average Bonchev–Trinajstić information content (AvgIpc) is 3.30. The fourth-order valence-electron chi connectivity index (χ4n) is 9.53. The van der Waals surface area contributed by atoms with Crippen molar-refractivity contribution in [2.45, 2.75) is 0 Å². The summed E-state index contributed by atoms with van der Waals surface area (Å²) in [6.07, 6.45) is 0. The molecule has 0 saturated carbocycles. The predicted molar refractivity (Wildman–Crippen MR) is 251 cm³/mol. The molecule has 12 aromatic carbocycles. The predicted octanol–water partition coefficient (Wildman–Crippen LogP) is 16.4. The molecule has 0 nitrogen and oxygen atoms in total. The molecule has 0 N–H and O–H groups in total. The van der Waals surface area contributed by atoms with Gasteiger partial charge in [-0.3, -0.25) is 0 Å². The summed E-state index contributed by atoms with van der Waals surface area (Å²) in [4.78, 5) is 0. The summed E-state index contributed by atoms with van der Waals surface area (Å²) in [6, 6.07) is 81.1. The number of rotatable bonds is 4. The Bertz CT molecular complexity index is 3570. The third-order valence-corrected chi connectivity index (χ3v) is 12.4. The molecule has 0 saturated heterocycles. The topological polar surface area (TPSA) is 0 Å². The molecule has 0 aromatic heterocycles. The van der Waals surface area contributed by atoms with Crippen LogP contribution in [0.3, 0.4) is 0 Å². The first-order valence-electron chi connectivity index (χ1n) is 20.2. The van der Waals surface area contributed by atoms with Gasteiger partial charge in [-0.1, -0.05) is 176 Å². The smallest absolute Gasteiger partial charge is 0.00928 e. The monoisotopic (exact) mass is 732 g/mol. The molecule has 0 unspecified atom stereocenters. The first-order chi connectivity index (χ1) is 28.7. The van der Waals surface area contributed by atoms with Gasteiger partial charge >= 0.3 is 0 Å². The summed E-state index contributed by atoms with van der Waals surface area (Å²) in [5.74, 6) is 0. The Morgan fingerprint density at radius 1 is 0.155 bits per heavy atom. The highest BCUT2D eigenvalue weighted by Gasteiger charge is 2.16. The molecule has 0 amide bonds. The Labute approximate surface area is 336 Å². The van der Waals surface area contributed by atoms with Crippen molar-refractivity contribution in [2.75, 3.05) is 0 Å². The summed E-state index contributed by atoms with van der Waals surface area (Å²) in [5.41, 5.74) is 9.82. The lowest BCUT2D eigenvalue weighted by atomic mass is 9.87. The third-order valence-electron chi connectivity index (χ3n) is 12.4. The number of fused-ring (bicyclic) bond motifs is 11. The number of hydrogen-bond acceptors (Lipinski definition) is 0. The van der Waals surface area contributed by atoms with Gasteiger partial charge in [0.2, 0.25) is 0 Å². The lowest BCUT2D eigenvalue weighted by Crippen LogP contribution is -1.90. The summed E-state index contributed by atoms with van der Waals surface area (Å²) < 4.78 is 0. The minimum absolute atomic E-state index is 1.21. The molecule has 0 aliphatic rings. The second-order valence-corrected chi connectivity index (χ2v) is 15.6. The number of benzene rings is 12. The highest BCUT2D eigenvalue weighted by atomic mass is 14.2. The van der Waals surface area contributed by atoms with E-state index in [4.69, 9.17) is 0 Å². The fourth-order valence-corrected chi connectivity index (χ4v) is 9.53. The fraction of sp³-hybridized carbons (Fsp3) is 0. The Kier molecular flexibility index (Phi) is 7.33. The van der Waals surface area contributed by atoms with Crippen LogP contribution in [-0.2, 0) is 0 Å². The van der Waals surface area contributed by atoms with Crippen LogP contribution in [0.1, 0.15) is 0 Å². The maximum atomic E-state index is 2.43. The molecular formula is C58H36. The van der Waals surface area contributed by atoms with E-state index < -0.39 is 0 Å². The van der Waals surface area contributed by atoms with Crippen LogP contribution in [0.5, 0.6) is 0 Å². The van der Waals surface area contributed by atoms with Gasteiger partial charge in [-0.15, -0.1) is 0 Å². The SMILES string of the molecule is c1ccc(-c2cc3ccccc3cc2-c2ccc3c(c2)c(-c2ccc4ccccc4c2)cc2cc(-c4ccc5c6ccccc6c6ccccc6c5c4)ccc23)cc1. The summed E-state index contributed by atoms with van der Waals surface area (Å²) in [6.45, 7) is 0. The standard InChI is InChI=1S/C58H36/c1-2-13-38(14-3-1)54-32-40-16-6-7-17-41(40)33-55(54)45-26-29-52-47-27-24-42(31-46(47)36-56(58(52)35-45)44-23-22-37-12-4-5-15-39(37)30-44)43-25-28-53-50-20-9-8-18-48(50)49-19-10-11-21-51(49)57(53)34-43/h1-36H. The molecule has 0 heteroatoms. The van der Waals surface area contributed by atoms with Crippen LogP contribution in [0.15, 0.2) is 218 Å². The van der Waals surface area contributed by atoms with Gasteiger partial charge in [0.05, 0.1) is 0 Å². The summed E-state index contributed by atoms with van der Waals surface area (Å²) in [5, 5.41) is 17.8. The average molecular weight is 733 g/mol. The first kappa shape index (κ1) is 32.7. The lowest BCUT2D eigenvalue weighted by molar-refractivity contribution is 1.62. The quantitative estimate of drug-likeness (QED) is 0.158. The van der Waals surface area contributed by atoms with E-state index in [0.29, 0.717) is 0 Å². The van der Waals surface area contributed by atoms with Gasteiger partial charge in [-0.25, -0.2) is 0 Å². The molecule has 0 aliphatic heterocycles. The summed E-state index contributed by atoms with van der Waals surface area (Å²) in [7, 11) is 0. The Morgan fingerprint density at radius 2 is 0.552 bits per heavy atom. The van der Waals surface area contributed by atoms with Gasteiger partial charge < -0.3 is 0 Å². The second-order valence-electron chi connectivity index (χ2n) is 15.6. The van der Waals surface area contributed by atoms with Gasteiger partial charge in [0, 0.05) is 0 Å². The third kappa shape index (κ3) is 5.23. The van der Waals surface area contributed by atoms with Crippen LogP contribution in [-0.4, -0.2) is 0 Å². The molecule has 12 rings (SSSR count). The molecular weight excluding hydrogens is 697 g/mol. The van der Waals surface area contributed by atoms with Gasteiger partial charge in [0.1, 0.15) is 0 Å². The highest BCUT2D eigenvalue weighted by Crippen LogP contribution is 2.43. The minimum Gasteiger partial charge on any atom is -0.0622 e. The molecule has 0 aliphatic carbocycles. The van der Waals surface area contributed by atoms with Gasteiger partial charge in [0.25, 0.3) is 0 Å². The largest absolute Gasteiger partial charge is 0.0622 e. The van der Waals surface area contributed by atoms with E-state index in [1.54, 1.807) is 0 Å². The van der Waals surface area contributed by atoms with Crippen LogP contribution in [0.25, 0.3) is 120 Å². The number of hydrogen-bond donors (Lipinski definition) is 0. The summed E-state index contributed by atoms with van der Waals surface area (Å²) >= 11 is 0. The Morgan fingerprint density at radius 3 is 1.22 bits per heavy atom. The van der Waals surface area contributed by atoms with Crippen LogP contribution < -0.4 is 0 Å². The maximum absolute atomic E-state index is 2.43. The maximum Gasteiger partial charge on any atom is -0.00928 e. The Balaban J connectivity index is 1.09. The lowest BCUT2D eigenvalue weighted by Gasteiger charge is -2.17. The molecule has 0 heterocycles. The molecule has 0 atom stereocenters. The normalized spacial score (nSPS) is 11.8. The van der Waals surface area contributed by atoms with Crippen molar-refractivity contribution < 1.29 is 0 Å². The van der Waals surface area contributed by atoms with Gasteiger partial charge in [0.15, 0.2) is 0 Å². The van der Waals surface area contributed by atoms with E-state index in [2.05, 4.69) is 218 Å². The van der Waals surface area contributed by atoms with Crippen molar-refractivity contribution in [1.29, 1.82) is 0 Å². The van der Waals surface area contributed by atoms with Crippen molar-refractivity contribution in [3.05, 3.63) is 218 Å². The molecule has 268 valence electrons. The zero-order valence-electron chi connectivity index (χ0n) is 31.8. The van der Waals surface area contributed by atoms with Crippen molar-refractivity contribution >= 4 is 75.4 Å². The van der Waals surface area contributed by atoms with E-state index in [1.807, 2.05) is 0 Å². The molecule has 12 aromatic rings. The van der Waals surface area contributed by atoms with E-state index in [0.717, 1.165) is 0 Å². The van der Waals surface area contributed by atoms with Crippen molar-refractivity contribution in [1.82, 2.24) is 0 Å². The Hall–Kier alpha value is -7.54. The van der Waals surface area contributed by atoms with E-state index in [9.17, 15) is 0 Å². The van der Waals surface area contributed by atoms with Crippen LogP contribution in [0.4, 0.5) is 0 Å². The van der Waals surface area contributed by atoms with Crippen LogP contribution in [0, 0.1) is 0 Å². The molecule has 0 bridgehead atoms. The molecule has 0 radical (unpaired) electrons. The molecule has 58 heavy (non-hydrogen) atoms. The zero-order chi connectivity index (χ0) is 38.2. The van der Waals surface area contributed by atoms with E-state index in [-0.39, 0.29) is 0 Å². The molecule has 0 spiro atoms. The van der Waals surface area contributed by atoms with Crippen molar-refractivity contribution in [2.24, 2.45) is 0 Å². The highest BCUT2D eigenvalue weighted by molar-refractivity contribution is 6.26. The zero-order valence-corrected chi connectivity index (χ0v) is 31.8. The van der Waals surface area contributed by atoms with E-state index >= 15 is 0 Å². The minimum atomic E-state index is 1.21. The van der Waals surface area contributed by atoms with Crippen LogP contribution in [0.2, 0.25) is 0 Å². The second kappa shape index (κ2) is 13.0. The van der Waals surface area contributed by atoms with E-state index in [1.165, 1.54) is 120 Å².